The van der Waals surface area contributed by atoms with Crippen LogP contribution in [0, 0.1) is 0 Å². The van der Waals surface area contributed by atoms with Crippen LogP contribution < -0.4 is 4.90 Å². The van der Waals surface area contributed by atoms with Crippen molar-refractivity contribution >= 4 is 52.3 Å². The lowest BCUT2D eigenvalue weighted by Crippen LogP contribution is -2.23. The lowest BCUT2D eigenvalue weighted by Gasteiger charge is -2.21. The molecule has 1 amide bonds. The van der Waals surface area contributed by atoms with Gasteiger partial charge in [-0.15, -0.1) is 0 Å². The van der Waals surface area contributed by atoms with E-state index in [2.05, 4.69) is 15.1 Å². The second-order valence-corrected chi connectivity index (χ2v) is 7.49. The summed E-state index contributed by atoms with van der Waals surface area (Å²) in [7, 11) is 0. The molecule has 4 rings (SSSR count). The number of hydrogen-bond donors (Lipinski definition) is 0. The first-order valence-corrected chi connectivity index (χ1v) is 9.87. The van der Waals surface area contributed by atoms with Gasteiger partial charge in [0.25, 0.3) is 0 Å². The molecule has 6 nitrogen and oxygen atoms in total. The number of aromatic nitrogens is 3. The van der Waals surface area contributed by atoms with Gasteiger partial charge in [-0.3, -0.25) is 4.79 Å². The summed E-state index contributed by atoms with van der Waals surface area (Å²) in [6, 6.07) is 13.7. The summed E-state index contributed by atoms with van der Waals surface area (Å²) in [4.78, 5) is 22.3. The van der Waals surface area contributed by atoms with E-state index in [9.17, 15) is 4.79 Å². The smallest absolute Gasteiger partial charge is 0.248 e. The molecule has 30 heavy (non-hydrogen) atoms. The van der Waals surface area contributed by atoms with Gasteiger partial charge in [-0.2, -0.15) is 0 Å². The first-order valence-electron chi connectivity index (χ1n) is 8.74. The Labute approximate surface area is 187 Å². The molecule has 0 radical (unpaired) electrons. The Hall–Kier alpha value is -2.93. The fourth-order valence-corrected chi connectivity index (χ4v) is 3.71. The van der Waals surface area contributed by atoms with Crippen LogP contribution in [0.15, 0.2) is 65.6 Å². The molecule has 0 saturated heterocycles. The van der Waals surface area contributed by atoms with E-state index in [1.165, 1.54) is 18.2 Å². The number of hydrogen-bond acceptors (Lipinski definition) is 5. The number of carbonyl (C=O) groups is 1. The summed E-state index contributed by atoms with van der Waals surface area (Å²) in [5.74, 6) is -0.222. The minimum Gasteiger partial charge on any atom is -0.336 e. The molecule has 2 aromatic heterocycles. The summed E-state index contributed by atoms with van der Waals surface area (Å²) in [5.41, 5.74) is 2.51. The zero-order valence-corrected chi connectivity index (χ0v) is 17.8. The molecule has 9 heteroatoms. The maximum absolute atomic E-state index is 12.7. The SMILES string of the molecule is CC(=O)N(c1onc(-c2ccc(Cl)cc2)c1-c1ccncn1)c1c(Cl)cccc1Cl. The molecule has 0 atom stereocenters. The van der Waals surface area contributed by atoms with Crippen molar-refractivity contribution in [2.45, 2.75) is 6.92 Å². The molecule has 0 spiro atoms. The first-order chi connectivity index (χ1) is 14.5. The number of nitrogens with zero attached hydrogens (tertiary/aromatic N) is 4. The van der Waals surface area contributed by atoms with Crippen molar-refractivity contribution in [3.8, 4) is 22.5 Å². The number of amides is 1. The zero-order valence-electron chi connectivity index (χ0n) is 15.5. The monoisotopic (exact) mass is 458 g/mol. The quantitative estimate of drug-likeness (QED) is 0.351. The molecule has 4 aromatic rings. The van der Waals surface area contributed by atoms with Gasteiger partial charge in [0.1, 0.15) is 12.0 Å². The second-order valence-electron chi connectivity index (χ2n) is 6.24. The Bertz CT molecular complexity index is 1190. The topological polar surface area (TPSA) is 72.1 Å². The van der Waals surface area contributed by atoms with E-state index in [0.29, 0.717) is 27.7 Å². The van der Waals surface area contributed by atoms with Crippen LogP contribution >= 0.6 is 34.8 Å². The summed E-state index contributed by atoms with van der Waals surface area (Å²) in [6.07, 6.45) is 2.99. The highest BCUT2D eigenvalue weighted by Gasteiger charge is 2.30. The van der Waals surface area contributed by atoms with Gasteiger partial charge in [-0.25, -0.2) is 14.9 Å². The molecule has 0 fully saturated rings. The highest BCUT2D eigenvalue weighted by Crippen LogP contribution is 2.45. The van der Waals surface area contributed by atoms with Crippen LogP contribution in [0.2, 0.25) is 15.1 Å². The van der Waals surface area contributed by atoms with E-state index >= 15 is 0 Å². The lowest BCUT2D eigenvalue weighted by molar-refractivity contribution is -0.116. The minimum absolute atomic E-state index is 0.140. The Morgan fingerprint density at radius 3 is 2.30 bits per heavy atom. The van der Waals surface area contributed by atoms with Crippen LogP contribution in [0.25, 0.3) is 22.5 Å². The molecular weight excluding hydrogens is 447 g/mol. The average Bonchev–Trinajstić information content (AvgIpc) is 3.16. The van der Waals surface area contributed by atoms with E-state index in [-0.39, 0.29) is 21.8 Å². The van der Waals surface area contributed by atoms with Crippen molar-refractivity contribution < 1.29 is 9.32 Å². The fourth-order valence-electron chi connectivity index (χ4n) is 3.01. The fraction of sp³-hybridized carbons (Fsp3) is 0.0476. The Kier molecular flexibility index (Phi) is 5.72. The van der Waals surface area contributed by atoms with Crippen molar-refractivity contribution in [3.63, 3.8) is 0 Å². The summed E-state index contributed by atoms with van der Waals surface area (Å²) in [5, 5.41) is 5.38. The number of anilines is 2. The standard InChI is InChI=1S/C21H13Cl3N4O2/c1-12(29)28(20-15(23)3-2-4-16(20)24)21-18(17-9-10-25-11-26-17)19(27-30-21)13-5-7-14(22)8-6-13/h2-11H,1H3. The first kappa shape index (κ1) is 20.3. The van der Waals surface area contributed by atoms with E-state index in [0.717, 1.165) is 5.56 Å². The predicted molar refractivity (Wildman–Crippen MR) is 117 cm³/mol. The van der Waals surface area contributed by atoms with Gasteiger partial charge in [0, 0.05) is 23.7 Å². The maximum Gasteiger partial charge on any atom is 0.248 e. The van der Waals surface area contributed by atoms with Crippen molar-refractivity contribution in [2.24, 2.45) is 0 Å². The number of para-hydroxylation sites is 1. The van der Waals surface area contributed by atoms with Gasteiger partial charge in [-0.05, 0) is 30.3 Å². The molecular formula is C21H13Cl3N4O2. The maximum atomic E-state index is 12.7. The normalized spacial score (nSPS) is 10.8. The van der Waals surface area contributed by atoms with Crippen LogP contribution in [-0.4, -0.2) is 21.0 Å². The van der Waals surface area contributed by atoms with Crippen molar-refractivity contribution in [3.05, 3.63) is 76.1 Å². The van der Waals surface area contributed by atoms with Gasteiger partial charge < -0.3 is 4.52 Å². The third kappa shape index (κ3) is 3.77. The molecule has 0 aliphatic rings. The highest BCUT2D eigenvalue weighted by molar-refractivity contribution is 6.40. The van der Waals surface area contributed by atoms with Crippen molar-refractivity contribution in [2.75, 3.05) is 4.90 Å². The summed E-state index contributed by atoms with van der Waals surface area (Å²) < 4.78 is 5.67. The number of rotatable bonds is 4. The van der Waals surface area contributed by atoms with Crippen molar-refractivity contribution in [1.29, 1.82) is 0 Å². The predicted octanol–water partition coefficient (Wildman–Crippen LogP) is 6.44. The molecule has 0 bridgehead atoms. The number of benzene rings is 2. The van der Waals surface area contributed by atoms with Crippen LogP contribution in [0.3, 0.4) is 0 Å². The zero-order chi connectivity index (χ0) is 21.3. The largest absolute Gasteiger partial charge is 0.336 e. The molecule has 2 heterocycles. The van der Waals surface area contributed by atoms with E-state index in [1.54, 1.807) is 54.7 Å². The lowest BCUT2D eigenvalue weighted by atomic mass is 10.0. The molecule has 0 saturated carbocycles. The summed E-state index contributed by atoms with van der Waals surface area (Å²) >= 11 is 18.8. The van der Waals surface area contributed by atoms with Crippen molar-refractivity contribution in [1.82, 2.24) is 15.1 Å². The molecule has 0 unspecified atom stereocenters. The molecule has 150 valence electrons. The van der Waals surface area contributed by atoms with E-state index < -0.39 is 0 Å². The Morgan fingerprint density at radius 2 is 1.70 bits per heavy atom. The summed E-state index contributed by atoms with van der Waals surface area (Å²) in [6.45, 7) is 1.38. The van der Waals surface area contributed by atoms with Gasteiger partial charge in [0.05, 0.1) is 27.0 Å². The third-order valence-electron chi connectivity index (χ3n) is 4.31. The Balaban J connectivity index is 2.00. The van der Waals surface area contributed by atoms with Gasteiger partial charge in [-0.1, -0.05) is 58.2 Å². The van der Waals surface area contributed by atoms with Gasteiger partial charge in [0.15, 0.2) is 0 Å². The molecule has 2 aromatic carbocycles. The highest BCUT2D eigenvalue weighted by atomic mass is 35.5. The van der Waals surface area contributed by atoms with Crippen LogP contribution in [0.5, 0.6) is 0 Å². The minimum atomic E-state index is -0.362. The average molecular weight is 460 g/mol. The molecule has 0 aliphatic heterocycles. The van der Waals surface area contributed by atoms with Crippen LogP contribution in [0.4, 0.5) is 11.6 Å². The third-order valence-corrected chi connectivity index (χ3v) is 5.17. The number of carbonyl (C=O) groups excluding carboxylic acids is 1. The van der Waals surface area contributed by atoms with Crippen LogP contribution in [-0.2, 0) is 4.79 Å². The van der Waals surface area contributed by atoms with E-state index in [1.807, 2.05) is 0 Å². The van der Waals surface area contributed by atoms with Gasteiger partial charge in [0.2, 0.25) is 11.8 Å². The van der Waals surface area contributed by atoms with Gasteiger partial charge >= 0.3 is 0 Å². The number of halogens is 3. The molecule has 0 aliphatic carbocycles. The molecule has 0 N–H and O–H groups in total. The van der Waals surface area contributed by atoms with E-state index in [4.69, 9.17) is 39.3 Å². The second kappa shape index (κ2) is 8.44. The Morgan fingerprint density at radius 1 is 1.00 bits per heavy atom. The van der Waals surface area contributed by atoms with Crippen LogP contribution in [0.1, 0.15) is 6.92 Å².